The van der Waals surface area contributed by atoms with Gasteiger partial charge < -0.3 is 19.7 Å². The highest BCUT2D eigenvalue weighted by Gasteiger charge is 2.29. The van der Waals surface area contributed by atoms with Crippen molar-refractivity contribution in [3.63, 3.8) is 0 Å². The maximum Gasteiger partial charge on any atom is 0.161 e. The van der Waals surface area contributed by atoms with E-state index in [1.54, 1.807) is 0 Å². The minimum absolute atomic E-state index is 0.631. The summed E-state index contributed by atoms with van der Waals surface area (Å²) >= 11 is 0. The second-order valence-corrected chi connectivity index (χ2v) is 7.47. The van der Waals surface area contributed by atoms with Gasteiger partial charge in [-0.3, -0.25) is 0 Å². The van der Waals surface area contributed by atoms with Crippen molar-refractivity contribution in [2.24, 2.45) is 5.92 Å². The summed E-state index contributed by atoms with van der Waals surface area (Å²) in [7, 11) is 0. The first-order valence-electron chi connectivity index (χ1n) is 9.53. The number of nitrogens with zero attached hydrogens (tertiary/aromatic N) is 3. The Balaban J connectivity index is 1.07. The van der Waals surface area contributed by atoms with Crippen LogP contribution in [0.15, 0.2) is 30.3 Å². The minimum atomic E-state index is 0.631. The Morgan fingerprint density at radius 3 is 2.62 bits per heavy atom. The Morgan fingerprint density at radius 1 is 1.00 bits per heavy atom. The summed E-state index contributed by atoms with van der Waals surface area (Å²) in [6.07, 6.45) is 2.55. The molecule has 1 aromatic heterocycles. The second kappa shape index (κ2) is 6.76. The number of hydrogen-bond donors (Lipinski definition) is 1. The van der Waals surface area contributed by atoms with E-state index >= 15 is 0 Å². The summed E-state index contributed by atoms with van der Waals surface area (Å²) in [5.74, 6) is 4.06. The standard InChI is InChI=1S/C20H24N4O2/c1-5-18-19(26-8-7-25-18)9-14(1)10-21-11-15-12-24(13-15)20-6-4-17(22-23-20)16-2-3-16/h1,4-6,9,15-16,21H,2-3,7-8,10-13H2. The quantitative estimate of drug-likeness (QED) is 0.861. The van der Waals surface area contributed by atoms with Crippen molar-refractivity contribution in [1.29, 1.82) is 0 Å². The lowest BCUT2D eigenvalue weighted by Gasteiger charge is -2.40. The van der Waals surface area contributed by atoms with Gasteiger partial charge in [0.2, 0.25) is 0 Å². The van der Waals surface area contributed by atoms with Crippen LogP contribution in [0.5, 0.6) is 11.5 Å². The van der Waals surface area contributed by atoms with Gasteiger partial charge in [-0.1, -0.05) is 6.07 Å². The molecule has 3 aliphatic rings. The highest BCUT2D eigenvalue weighted by atomic mass is 16.6. The molecule has 0 amide bonds. The van der Waals surface area contributed by atoms with Crippen LogP contribution in [0.25, 0.3) is 0 Å². The topological polar surface area (TPSA) is 59.5 Å². The number of aromatic nitrogens is 2. The predicted octanol–water partition coefficient (Wildman–Crippen LogP) is 2.35. The van der Waals surface area contributed by atoms with Crippen LogP contribution in [-0.4, -0.2) is 43.0 Å². The number of hydrogen-bond acceptors (Lipinski definition) is 6. The van der Waals surface area contributed by atoms with Crippen LogP contribution in [0, 0.1) is 5.92 Å². The largest absolute Gasteiger partial charge is 0.486 e. The van der Waals surface area contributed by atoms with Crippen molar-refractivity contribution in [3.8, 4) is 11.5 Å². The zero-order valence-electron chi connectivity index (χ0n) is 14.9. The smallest absolute Gasteiger partial charge is 0.161 e. The fraction of sp³-hybridized carbons (Fsp3) is 0.500. The Hall–Kier alpha value is -2.34. The van der Waals surface area contributed by atoms with Gasteiger partial charge >= 0.3 is 0 Å². The van der Waals surface area contributed by atoms with E-state index in [-0.39, 0.29) is 0 Å². The van der Waals surface area contributed by atoms with Crippen LogP contribution < -0.4 is 19.7 Å². The van der Waals surface area contributed by atoms with Gasteiger partial charge in [-0.05, 0) is 42.7 Å². The molecule has 5 rings (SSSR count). The average Bonchev–Trinajstić information content (AvgIpc) is 3.49. The molecule has 3 heterocycles. The molecular weight excluding hydrogens is 328 g/mol. The third-order valence-electron chi connectivity index (χ3n) is 5.32. The molecule has 1 aromatic carbocycles. The van der Waals surface area contributed by atoms with Crippen LogP contribution in [0.1, 0.15) is 30.0 Å². The molecule has 0 atom stereocenters. The van der Waals surface area contributed by atoms with E-state index in [1.807, 2.05) is 6.07 Å². The molecule has 136 valence electrons. The lowest BCUT2D eigenvalue weighted by Crippen LogP contribution is -2.51. The Bertz CT molecular complexity index is 770. The van der Waals surface area contributed by atoms with E-state index in [9.17, 15) is 0 Å². The Morgan fingerprint density at radius 2 is 1.85 bits per heavy atom. The fourth-order valence-corrected chi connectivity index (χ4v) is 3.61. The first kappa shape index (κ1) is 15.9. The maximum absolute atomic E-state index is 5.64. The second-order valence-electron chi connectivity index (χ2n) is 7.47. The highest BCUT2D eigenvalue weighted by molar-refractivity contribution is 5.44. The number of fused-ring (bicyclic) bond motifs is 1. The first-order valence-corrected chi connectivity index (χ1v) is 9.53. The van der Waals surface area contributed by atoms with Gasteiger partial charge in [0.05, 0.1) is 5.69 Å². The third kappa shape index (κ3) is 3.33. The zero-order valence-corrected chi connectivity index (χ0v) is 14.9. The molecule has 1 saturated carbocycles. The van der Waals surface area contributed by atoms with Gasteiger partial charge in [0.15, 0.2) is 17.3 Å². The average molecular weight is 352 g/mol. The molecule has 6 heteroatoms. The van der Waals surface area contributed by atoms with Crippen molar-refractivity contribution >= 4 is 5.82 Å². The molecule has 0 bridgehead atoms. The predicted molar refractivity (Wildman–Crippen MR) is 98.8 cm³/mol. The van der Waals surface area contributed by atoms with Gasteiger partial charge in [0.25, 0.3) is 0 Å². The van der Waals surface area contributed by atoms with Crippen LogP contribution in [-0.2, 0) is 6.54 Å². The lowest BCUT2D eigenvalue weighted by atomic mass is 10.00. The lowest BCUT2D eigenvalue weighted by molar-refractivity contribution is 0.171. The summed E-state index contributed by atoms with van der Waals surface area (Å²) < 4.78 is 11.2. The van der Waals surface area contributed by atoms with E-state index in [4.69, 9.17) is 9.47 Å². The highest BCUT2D eigenvalue weighted by Crippen LogP contribution is 2.39. The number of benzene rings is 1. The molecule has 1 aliphatic carbocycles. The molecule has 0 unspecified atom stereocenters. The van der Waals surface area contributed by atoms with Gasteiger partial charge in [-0.2, -0.15) is 5.10 Å². The molecule has 0 radical (unpaired) electrons. The summed E-state index contributed by atoms with van der Waals surface area (Å²) in [6, 6.07) is 10.4. The van der Waals surface area contributed by atoms with Crippen molar-refractivity contribution < 1.29 is 9.47 Å². The molecule has 2 aliphatic heterocycles. The van der Waals surface area contributed by atoms with Gasteiger partial charge in [0, 0.05) is 38.0 Å². The number of rotatable bonds is 6. The Labute approximate surface area is 153 Å². The molecular formula is C20H24N4O2. The van der Waals surface area contributed by atoms with E-state index in [1.165, 1.54) is 18.4 Å². The third-order valence-corrected chi connectivity index (χ3v) is 5.32. The van der Waals surface area contributed by atoms with E-state index < -0.39 is 0 Å². The molecule has 0 spiro atoms. The number of nitrogens with one attached hydrogen (secondary N) is 1. The summed E-state index contributed by atoms with van der Waals surface area (Å²) in [6.45, 7) is 5.22. The zero-order chi connectivity index (χ0) is 17.3. The SMILES string of the molecule is c1cc2c(cc1CNCC1CN(c3ccc(C4CC4)nn3)C1)OCCO2. The molecule has 1 N–H and O–H groups in total. The van der Waals surface area contributed by atoms with Crippen LogP contribution in [0.4, 0.5) is 5.82 Å². The van der Waals surface area contributed by atoms with Crippen LogP contribution in [0.2, 0.25) is 0 Å². The number of anilines is 1. The molecule has 6 nitrogen and oxygen atoms in total. The number of ether oxygens (including phenoxy) is 2. The summed E-state index contributed by atoms with van der Waals surface area (Å²) in [5.41, 5.74) is 2.39. The summed E-state index contributed by atoms with van der Waals surface area (Å²) in [4.78, 5) is 2.31. The van der Waals surface area contributed by atoms with Crippen molar-refractivity contribution in [1.82, 2.24) is 15.5 Å². The molecule has 2 aromatic rings. The van der Waals surface area contributed by atoms with Gasteiger partial charge in [-0.15, -0.1) is 5.10 Å². The van der Waals surface area contributed by atoms with Crippen molar-refractivity contribution in [2.75, 3.05) is 37.7 Å². The minimum Gasteiger partial charge on any atom is -0.486 e. The van der Waals surface area contributed by atoms with E-state index in [0.717, 1.165) is 49.2 Å². The van der Waals surface area contributed by atoms with Crippen molar-refractivity contribution in [3.05, 3.63) is 41.6 Å². The molecule has 26 heavy (non-hydrogen) atoms. The van der Waals surface area contributed by atoms with E-state index in [2.05, 4.69) is 44.7 Å². The molecule has 1 saturated heterocycles. The first-order chi connectivity index (χ1) is 12.8. The Kier molecular flexibility index (Phi) is 4.13. The van der Waals surface area contributed by atoms with Gasteiger partial charge in [-0.25, -0.2) is 0 Å². The maximum atomic E-state index is 5.64. The fourth-order valence-electron chi connectivity index (χ4n) is 3.61. The summed E-state index contributed by atoms with van der Waals surface area (Å²) in [5, 5.41) is 12.3. The monoisotopic (exact) mass is 352 g/mol. The molecule has 2 fully saturated rings. The van der Waals surface area contributed by atoms with E-state index in [0.29, 0.717) is 25.0 Å². The van der Waals surface area contributed by atoms with Crippen LogP contribution >= 0.6 is 0 Å². The normalized spacial score (nSPS) is 19.3. The van der Waals surface area contributed by atoms with Crippen LogP contribution in [0.3, 0.4) is 0 Å². The van der Waals surface area contributed by atoms with Gasteiger partial charge in [0.1, 0.15) is 13.2 Å². The van der Waals surface area contributed by atoms with Crippen molar-refractivity contribution in [2.45, 2.75) is 25.3 Å².